The minimum Gasteiger partial charge on any atom is -0.0624 e. The van der Waals surface area contributed by atoms with Crippen molar-refractivity contribution in [1.82, 2.24) is 0 Å². The van der Waals surface area contributed by atoms with Crippen molar-refractivity contribution in [2.24, 2.45) is 0 Å². The zero-order valence-electron chi connectivity index (χ0n) is 14.5. The topological polar surface area (TPSA) is 0 Å². The molecular formula is C22H23ISi. The second-order valence-corrected chi connectivity index (χ2v) is 13.1. The number of halogens is 1. The zero-order chi connectivity index (χ0) is 17.2. The molecule has 0 N–H and O–H groups in total. The van der Waals surface area contributed by atoms with Gasteiger partial charge in [0.05, 0.1) is 0 Å². The third-order valence-corrected chi connectivity index (χ3v) is 12.2. The van der Waals surface area contributed by atoms with E-state index in [-0.39, 0.29) is 5.04 Å². The van der Waals surface area contributed by atoms with Crippen molar-refractivity contribution in [1.29, 1.82) is 0 Å². The molecule has 0 fully saturated rings. The molecule has 0 spiro atoms. The molecule has 3 rings (SSSR count). The maximum Gasteiger partial charge on any atom is 0.154 e. The van der Waals surface area contributed by atoms with Gasteiger partial charge in [-0.1, -0.05) is 99.6 Å². The van der Waals surface area contributed by atoms with E-state index in [4.69, 9.17) is 0 Å². The van der Waals surface area contributed by atoms with Crippen LogP contribution in [-0.2, 0) is 0 Å². The Labute approximate surface area is 160 Å². The number of hydrogen-bond donors (Lipinski definition) is 0. The molecule has 3 aromatic carbocycles. The quantitative estimate of drug-likeness (QED) is 0.317. The van der Waals surface area contributed by atoms with E-state index in [9.17, 15) is 0 Å². The Balaban J connectivity index is 2.46. The van der Waals surface area contributed by atoms with Crippen molar-refractivity contribution in [2.75, 3.05) is 0 Å². The van der Waals surface area contributed by atoms with Gasteiger partial charge >= 0.3 is 0 Å². The van der Waals surface area contributed by atoms with E-state index in [0.717, 1.165) is 0 Å². The predicted octanol–water partition coefficient (Wildman–Crippen LogP) is 4.56. The SMILES string of the molecule is CC(C)(C)[Si](c1ccccc1)(c1ccccc1)c1ccccc1I. The van der Waals surface area contributed by atoms with Crippen LogP contribution in [0.25, 0.3) is 0 Å². The minimum absolute atomic E-state index is 0.150. The summed E-state index contributed by atoms with van der Waals surface area (Å²) >= 11 is 2.51. The van der Waals surface area contributed by atoms with Crippen LogP contribution in [-0.4, -0.2) is 8.07 Å². The van der Waals surface area contributed by atoms with Gasteiger partial charge in [-0.3, -0.25) is 0 Å². The first-order valence-electron chi connectivity index (χ1n) is 8.34. The Morgan fingerprint density at radius 3 is 1.46 bits per heavy atom. The standard InChI is InChI=1S/C22H23ISi/c1-22(2,3)24(18-12-6-4-7-13-18,19-14-8-5-9-15-19)21-17-11-10-16-20(21)23/h4-17H,1-3H3. The molecule has 0 unspecified atom stereocenters. The molecule has 3 aromatic rings. The average molecular weight is 442 g/mol. The summed E-state index contributed by atoms with van der Waals surface area (Å²) in [5, 5.41) is 4.62. The molecule has 0 saturated heterocycles. The first-order chi connectivity index (χ1) is 11.5. The third-order valence-electron chi connectivity index (χ3n) is 4.82. The van der Waals surface area contributed by atoms with E-state index in [1.807, 2.05) is 0 Å². The lowest BCUT2D eigenvalue weighted by atomic mass is 10.2. The zero-order valence-corrected chi connectivity index (χ0v) is 17.6. The molecule has 0 aromatic heterocycles. The van der Waals surface area contributed by atoms with Crippen molar-refractivity contribution in [3.63, 3.8) is 0 Å². The van der Waals surface area contributed by atoms with Crippen molar-refractivity contribution >= 4 is 46.2 Å². The monoisotopic (exact) mass is 442 g/mol. The average Bonchev–Trinajstić information content (AvgIpc) is 2.58. The molecule has 0 saturated carbocycles. The van der Waals surface area contributed by atoms with E-state index < -0.39 is 8.07 Å². The highest BCUT2D eigenvalue weighted by Crippen LogP contribution is 2.36. The van der Waals surface area contributed by atoms with Crippen LogP contribution in [0.1, 0.15) is 20.8 Å². The lowest BCUT2D eigenvalue weighted by Gasteiger charge is -2.45. The van der Waals surface area contributed by atoms with Crippen LogP contribution >= 0.6 is 22.6 Å². The highest BCUT2D eigenvalue weighted by Gasteiger charge is 2.49. The number of hydrogen-bond acceptors (Lipinski definition) is 0. The Kier molecular flexibility index (Phi) is 4.97. The first-order valence-corrected chi connectivity index (χ1v) is 11.4. The molecule has 0 aliphatic rings. The Hall–Kier alpha value is -1.39. The lowest BCUT2D eigenvalue weighted by molar-refractivity contribution is 0.739. The van der Waals surface area contributed by atoms with Gasteiger partial charge in [-0.05, 0) is 49.3 Å². The molecule has 0 aliphatic carbocycles. The highest BCUT2D eigenvalue weighted by molar-refractivity contribution is 14.1. The van der Waals surface area contributed by atoms with E-state index in [1.165, 1.54) is 19.1 Å². The Bertz CT molecular complexity index is 765. The van der Waals surface area contributed by atoms with Gasteiger partial charge in [0, 0.05) is 3.57 Å². The van der Waals surface area contributed by atoms with Gasteiger partial charge in [0.15, 0.2) is 8.07 Å². The molecular weight excluding hydrogens is 419 g/mol. The molecule has 0 atom stereocenters. The van der Waals surface area contributed by atoms with Gasteiger partial charge in [0.1, 0.15) is 0 Å². The van der Waals surface area contributed by atoms with Crippen molar-refractivity contribution < 1.29 is 0 Å². The molecule has 0 radical (unpaired) electrons. The number of benzene rings is 3. The summed E-state index contributed by atoms with van der Waals surface area (Å²) in [6.45, 7) is 7.22. The van der Waals surface area contributed by atoms with Gasteiger partial charge in [-0.15, -0.1) is 0 Å². The molecule has 0 heterocycles. The van der Waals surface area contributed by atoms with Gasteiger partial charge in [-0.2, -0.15) is 0 Å². The van der Waals surface area contributed by atoms with E-state index in [1.54, 1.807) is 0 Å². The second-order valence-electron chi connectivity index (χ2n) is 7.21. The van der Waals surface area contributed by atoms with Gasteiger partial charge in [-0.25, -0.2) is 0 Å². The van der Waals surface area contributed by atoms with Crippen LogP contribution in [0.5, 0.6) is 0 Å². The van der Waals surface area contributed by atoms with Crippen molar-refractivity contribution in [3.05, 3.63) is 88.5 Å². The van der Waals surface area contributed by atoms with E-state index in [0.29, 0.717) is 0 Å². The van der Waals surface area contributed by atoms with Gasteiger partial charge in [0.2, 0.25) is 0 Å². The fraction of sp³-hybridized carbons (Fsp3) is 0.182. The molecule has 0 amide bonds. The summed E-state index contributed by atoms with van der Waals surface area (Å²) in [4.78, 5) is 0. The minimum atomic E-state index is -2.18. The van der Waals surface area contributed by atoms with Crippen LogP contribution in [0.2, 0.25) is 5.04 Å². The summed E-state index contributed by atoms with van der Waals surface area (Å²) in [6, 6.07) is 31.2. The van der Waals surface area contributed by atoms with Crippen molar-refractivity contribution in [3.8, 4) is 0 Å². The summed E-state index contributed by atoms with van der Waals surface area (Å²) in [5.41, 5.74) is 0. The van der Waals surface area contributed by atoms with Crippen LogP contribution in [0.3, 0.4) is 0 Å². The van der Waals surface area contributed by atoms with Crippen molar-refractivity contribution in [2.45, 2.75) is 25.8 Å². The molecule has 0 nitrogen and oxygen atoms in total. The number of rotatable bonds is 3. The summed E-state index contributed by atoms with van der Waals surface area (Å²) in [5.74, 6) is 0. The van der Waals surface area contributed by atoms with E-state index >= 15 is 0 Å². The summed E-state index contributed by atoms with van der Waals surface area (Å²) in [6.07, 6.45) is 0. The Morgan fingerprint density at radius 1 is 0.625 bits per heavy atom. The maximum absolute atomic E-state index is 2.51. The predicted molar refractivity (Wildman–Crippen MR) is 116 cm³/mol. The summed E-state index contributed by atoms with van der Waals surface area (Å²) in [7, 11) is -2.18. The van der Waals surface area contributed by atoms with Crippen LogP contribution in [0.4, 0.5) is 0 Å². The van der Waals surface area contributed by atoms with Gasteiger partial charge < -0.3 is 0 Å². The first kappa shape index (κ1) is 17.4. The third kappa shape index (κ3) is 2.86. The molecule has 2 heteroatoms. The van der Waals surface area contributed by atoms with Gasteiger partial charge in [0.25, 0.3) is 0 Å². The lowest BCUT2D eigenvalue weighted by Crippen LogP contribution is -2.72. The largest absolute Gasteiger partial charge is 0.154 e. The fourth-order valence-corrected chi connectivity index (χ4v) is 11.2. The molecule has 0 aliphatic heterocycles. The highest BCUT2D eigenvalue weighted by atomic mass is 127. The van der Waals surface area contributed by atoms with Crippen LogP contribution in [0.15, 0.2) is 84.9 Å². The fourth-order valence-electron chi connectivity index (χ4n) is 3.89. The molecule has 122 valence electrons. The molecule has 0 bridgehead atoms. The summed E-state index contributed by atoms with van der Waals surface area (Å²) < 4.78 is 1.37. The molecule has 24 heavy (non-hydrogen) atoms. The second kappa shape index (κ2) is 6.85. The van der Waals surface area contributed by atoms with Crippen LogP contribution < -0.4 is 15.6 Å². The Morgan fingerprint density at radius 2 is 1.04 bits per heavy atom. The van der Waals surface area contributed by atoms with E-state index in [2.05, 4.69) is 128 Å². The maximum atomic E-state index is 2.51. The van der Waals surface area contributed by atoms with Crippen LogP contribution in [0, 0.1) is 3.57 Å². The normalized spacial score (nSPS) is 12.2. The smallest absolute Gasteiger partial charge is 0.0624 e.